The second-order valence-electron chi connectivity index (χ2n) is 4.95. The largest absolute Gasteiger partial charge is 0.481 e. The maximum Gasteiger partial charge on any atom is 0.317 e. The van der Waals surface area contributed by atoms with E-state index < -0.39 is 5.97 Å². The molecule has 104 valence electrons. The van der Waals surface area contributed by atoms with Gasteiger partial charge in [-0.05, 0) is 27.2 Å². The van der Waals surface area contributed by atoms with Gasteiger partial charge in [0.05, 0.1) is 12.2 Å². The van der Waals surface area contributed by atoms with E-state index in [2.05, 4.69) is 5.32 Å². The predicted molar refractivity (Wildman–Crippen MR) is 66.4 cm³/mol. The van der Waals surface area contributed by atoms with Crippen molar-refractivity contribution >= 4 is 12.0 Å². The summed E-state index contributed by atoms with van der Waals surface area (Å²) in [6.07, 6.45) is 0.580. The first-order chi connectivity index (χ1) is 8.38. The zero-order chi connectivity index (χ0) is 13.7. The summed E-state index contributed by atoms with van der Waals surface area (Å²) in [4.78, 5) is 24.1. The summed E-state index contributed by atoms with van der Waals surface area (Å²) in [5, 5.41) is 11.4. The van der Waals surface area contributed by atoms with Gasteiger partial charge in [-0.1, -0.05) is 0 Å². The molecular formula is C12H22N2O4. The van der Waals surface area contributed by atoms with Crippen molar-refractivity contribution in [1.82, 2.24) is 10.2 Å². The second-order valence-corrected chi connectivity index (χ2v) is 4.95. The number of hydrogen-bond acceptors (Lipinski definition) is 3. The Hall–Kier alpha value is -1.30. The van der Waals surface area contributed by atoms with Gasteiger partial charge in [0.1, 0.15) is 0 Å². The van der Waals surface area contributed by atoms with E-state index in [0.717, 1.165) is 0 Å². The van der Waals surface area contributed by atoms with Gasteiger partial charge >= 0.3 is 12.0 Å². The lowest BCUT2D eigenvalue weighted by molar-refractivity contribution is -0.137. The van der Waals surface area contributed by atoms with Crippen LogP contribution in [-0.4, -0.2) is 53.3 Å². The van der Waals surface area contributed by atoms with Crippen LogP contribution in [0.2, 0.25) is 0 Å². The van der Waals surface area contributed by atoms with Crippen molar-refractivity contribution in [1.29, 1.82) is 0 Å². The summed E-state index contributed by atoms with van der Waals surface area (Å²) >= 11 is 0. The van der Waals surface area contributed by atoms with E-state index in [4.69, 9.17) is 9.84 Å². The van der Waals surface area contributed by atoms with E-state index in [-0.39, 0.29) is 30.7 Å². The molecule has 0 aromatic rings. The van der Waals surface area contributed by atoms with Gasteiger partial charge in [0.15, 0.2) is 0 Å². The second kappa shape index (κ2) is 6.58. The van der Waals surface area contributed by atoms with Crippen molar-refractivity contribution < 1.29 is 19.4 Å². The minimum absolute atomic E-state index is 0.0359. The van der Waals surface area contributed by atoms with Gasteiger partial charge in [-0.15, -0.1) is 0 Å². The summed E-state index contributed by atoms with van der Waals surface area (Å²) in [7, 11) is 0. The number of nitrogens with zero attached hydrogens (tertiary/aromatic N) is 1. The molecule has 0 bridgehead atoms. The van der Waals surface area contributed by atoms with E-state index in [1.807, 2.05) is 20.8 Å². The number of rotatable bonds is 4. The molecule has 6 heteroatoms. The Morgan fingerprint density at radius 3 is 2.44 bits per heavy atom. The average Bonchev–Trinajstić information content (AvgIpc) is 2.25. The zero-order valence-corrected chi connectivity index (χ0v) is 11.2. The van der Waals surface area contributed by atoms with E-state index in [1.54, 1.807) is 4.90 Å². The molecule has 1 unspecified atom stereocenters. The molecule has 1 fully saturated rings. The molecule has 1 aliphatic rings. The number of carboxylic acids is 1. The molecule has 0 spiro atoms. The third kappa shape index (κ3) is 4.91. The Morgan fingerprint density at radius 2 is 1.94 bits per heavy atom. The highest BCUT2D eigenvalue weighted by molar-refractivity contribution is 5.74. The molecule has 3 atom stereocenters. The smallest absolute Gasteiger partial charge is 0.317 e. The number of nitrogens with one attached hydrogen (secondary N) is 1. The van der Waals surface area contributed by atoms with Crippen LogP contribution in [0.5, 0.6) is 0 Å². The van der Waals surface area contributed by atoms with Crippen LogP contribution < -0.4 is 5.32 Å². The number of morpholine rings is 1. The fourth-order valence-electron chi connectivity index (χ4n) is 2.06. The van der Waals surface area contributed by atoms with Crippen molar-refractivity contribution in [2.75, 3.05) is 13.1 Å². The summed E-state index contributed by atoms with van der Waals surface area (Å²) in [5.41, 5.74) is 0. The lowest BCUT2D eigenvalue weighted by Gasteiger charge is -2.35. The normalized spacial score (nSPS) is 25.6. The third-order valence-corrected chi connectivity index (χ3v) is 2.87. The molecule has 6 nitrogen and oxygen atoms in total. The number of amides is 2. The van der Waals surface area contributed by atoms with Gasteiger partial charge in [-0.3, -0.25) is 4.79 Å². The van der Waals surface area contributed by atoms with Crippen LogP contribution in [0.15, 0.2) is 0 Å². The maximum atomic E-state index is 12.0. The van der Waals surface area contributed by atoms with Gasteiger partial charge in [0.25, 0.3) is 0 Å². The van der Waals surface area contributed by atoms with Crippen LogP contribution in [-0.2, 0) is 9.53 Å². The number of carbonyl (C=O) groups excluding carboxylic acids is 1. The molecule has 1 rings (SSSR count). The highest BCUT2D eigenvalue weighted by Gasteiger charge is 2.26. The third-order valence-electron chi connectivity index (χ3n) is 2.87. The molecule has 0 aromatic carbocycles. The molecule has 0 aromatic heterocycles. The molecular weight excluding hydrogens is 236 g/mol. The zero-order valence-electron chi connectivity index (χ0n) is 11.2. The van der Waals surface area contributed by atoms with Crippen molar-refractivity contribution in [3.05, 3.63) is 0 Å². The SMILES string of the molecule is CC(CCC(=O)O)NC(=O)N1C[C@@H](C)O[C@@H](C)C1. The highest BCUT2D eigenvalue weighted by Crippen LogP contribution is 2.11. The number of aliphatic carboxylic acids is 1. The lowest BCUT2D eigenvalue weighted by atomic mass is 10.2. The molecule has 1 aliphatic heterocycles. The number of carbonyl (C=O) groups is 2. The molecule has 1 saturated heterocycles. The van der Waals surface area contributed by atoms with Gasteiger partial charge in [-0.25, -0.2) is 4.79 Å². The summed E-state index contributed by atoms with van der Waals surface area (Å²) in [6.45, 7) is 6.82. The lowest BCUT2D eigenvalue weighted by Crippen LogP contribution is -2.53. The van der Waals surface area contributed by atoms with Gasteiger partial charge in [-0.2, -0.15) is 0 Å². The first-order valence-corrected chi connectivity index (χ1v) is 6.31. The van der Waals surface area contributed by atoms with Crippen molar-refractivity contribution in [2.45, 2.75) is 51.9 Å². The maximum absolute atomic E-state index is 12.0. The van der Waals surface area contributed by atoms with E-state index in [9.17, 15) is 9.59 Å². The van der Waals surface area contributed by atoms with Gasteiger partial charge < -0.3 is 20.1 Å². The van der Waals surface area contributed by atoms with Crippen LogP contribution >= 0.6 is 0 Å². The Morgan fingerprint density at radius 1 is 1.39 bits per heavy atom. The Bertz CT molecular complexity index is 298. The molecule has 0 radical (unpaired) electrons. The fourth-order valence-corrected chi connectivity index (χ4v) is 2.06. The van der Waals surface area contributed by atoms with Crippen LogP contribution in [0, 0.1) is 0 Å². The van der Waals surface area contributed by atoms with E-state index in [1.165, 1.54) is 0 Å². The molecule has 2 amide bonds. The average molecular weight is 258 g/mol. The number of ether oxygens (including phenoxy) is 1. The monoisotopic (exact) mass is 258 g/mol. The Labute approximate surface area is 107 Å². The molecule has 1 heterocycles. The van der Waals surface area contributed by atoms with Crippen LogP contribution in [0.4, 0.5) is 4.79 Å². The number of urea groups is 1. The van der Waals surface area contributed by atoms with Gasteiger partial charge in [0.2, 0.25) is 0 Å². The van der Waals surface area contributed by atoms with Crippen molar-refractivity contribution in [2.24, 2.45) is 0 Å². The first kappa shape index (κ1) is 14.8. The minimum atomic E-state index is -0.843. The van der Waals surface area contributed by atoms with Crippen LogP contribution in [0.25, 0.3) is 0 Å². The predicted octanol–water partition coefficient (Wildman–Crippen LogP) is 1.06. The summed E-state index contributed by atoms with van der Waals surface area (Å²) < 4.78 is 5.55. The van der Waals surface area contributed by atoms with E-state index in [0.29, 0.717) is 19.5 Å². The standard InChI is InChI=1S/C12H22N2O4/c1-8(4-5-11(15)16)13-12(17)14-6-9(2)18-10(3)7-14/h8-10H,4-7H2,1-3H3,(H,13,17)(H,15,16)/t8?,9-,10+. The van der Waals surface area contributed by atoms with Crippen LogP contribution in [0.3, 0.4) is 0 Å². The highest BCUT2D eigenvalue weighted by atomic mass is 16.5. The minimum Gasteiger partial charge on any atom is -0.481 e. The Kier molecular flexibility index (Phi) is 5.40. The summed E-state index contributed by atoms with van der Waals surface area (Å²) in [6, 6.07) is -0.281. The van der Waals surface area contributed by atoms with E-state index >= 15 is 0 Å². The number of carboxylic acid groups (broad SMARTS) is 1. The van der Waals surface area contributed by atoms with Crippen molar-refractivity contribution in [3.8, 4) is 0 Å². The fraction of sp³-hybridized carbons (Fsp3) is 0.833. The first-order valence-electron chi connectivity index (χ1n) is 6.31. The topological polar surface area (TPSA) is 78.9 Å². The molecule has 0 aliphatic carbocycles. The Balaban J connectivity index is 2.37. The van der Waals surface area contributed by atoms with Crippen LogP contribution in [0.1, 0.15) is 33.6 Å². The van der Waals surface area contributed by atoms with Crippen molar-refractivity contribution in [3.63, 3.8) is 0 Å². The molecule has 0 saturated carbocycles. The molecule has 2 N–H and O–H groups in total. The summed E-state index contributed by atoms with van der Waals surface area (Å²) in [5.74, 6) is -0.843. The number of hydrogen-bond donors (Lipinski definition) is 2. The molecule has 18 heavy (non-hydrogen) atoms. The quantitative estimate of drug-likeness (QED) is 0.790. The van der Waals surface area contributed by atoms with Gasteiger partial charge in [0, 0.05) is 25.6 Å².